The van der Waals surface area contributed by atoms with Gasteiger partial charge in [0.25, 0.3) is 0 Å². The first-order valence-corrected chi connectivity index (χ1v) is 10.7. The molecule has 3 aromatic rings. The van der Waals surface area contributed by atoms with E-state index in [-0.39, 0.29) is 5.02 Å². The number of nitrogens with one attached hydrogen (secondary N) is 1. The van der Waals surface area contributed by atoms with E-state index in [1.165, 1.54) is 12.1 Å². The molecule has 1 aliphatic heterocycles. The van der Waals surface area contributed by atoms with Gasteiger partial charge in [0.15, 0.2) is 0 Å². The van der Waals surface area contributed by atoms with Crippen molar-refractivity contribution in [2.45, 2.75) is 5.78 Å². The van der Waals surface area contributed by atoms with Crippen molar-refractivity contribution in [2.75, 3.05) is 5.32 Å². The number of anilines is 1. The predicted molar refractivity (Wildman–Crippen MR) is 106 cm³/mol. The first-order valence-electron chi connectivity index (χ1n) is 7.83. The minimum Gasteiger partial charge on any atom is -0.438 e. The fourth-order valence-electron chi connectivity index (χ4n) is 2.94. The van der Waals surface area contributed by atoms with E-state index < -0.39 is 19.0 Å². The smallest absolute Gasteiger partial charge is 0.303 e. The van der Waals surface area contributed by atoms with Gasteiger partial charge in [-0.1, -0.05) is 45.7 Å². The van der Waals surface area contributed by atoms with Crippen molar-refractivity contribution in [3.05, 3.63) is 87.6 Å². The Morgan fingerprint density at radius 1 is 1.08 bits per heavy atom. The summed E-state index contributed by atoms with van der Waals surface area (Å²) < 4.78 is 34.1. The number of hydrogen-bond donors (Lipinski definition) is 1. The van der Waals surface area contributed by atoms with Crippen molar-refractivity contribution in [1.29, 1.82) is 0 Å². The van der Waals surface area contributed by atoms with Crippen LogP contribution in [-0.2, 0) is 4.57 Å². The summed E-state index contributed by atoms with van der Waals surface area (Å²) in [6.07, 6.45) is 0. The van der Waals surface area contributed by atoms with Gasteiger partial charge in [0.1, 0.15) is 17.3 Å². The molecule has 0 saturated heterocycles. The molecule has 0 amide bonds. The molecular weight excluding hydrogens is 440 g/mol. The van der Waals surface area contributed by atoms with Gasteiger partial charge in [0.05, 0.1) is 10.3 Å². The highest BCUT2D eigenvalue weighted by Gasteiger charge is 2.46. The minimum absolute atomic E-state index is 0.00192. The third-order valence-electron chi connectivity index (χ3n) is 4.18. The molecule has 26 heavy (non-hydrogen) atoms. The molecular formula is C19H13BrClFNO2P. The fraction of sp³-hybridized carbons (Fsp3) is 0.0526. The summed E-state index contributed by atoms with van der Waals surface area (Å²) in [5.41, 5.74) is 1.33. The molecule has 1 aliphatic rings. The Kier molecular flexibility index (Phi) is 4.55. The van der Waals surface area contributed by atoms with Crippen molar-refractivity contribution < 1.29 is 13.5 Å². The van der Waals surface area contributed by atoms with Gasteiger partial charge in [-0.3, -0.25) is 4.57 Å². The highest BCUT2D eigenvalue weighted by atomic mass is 79.9. The van der Waals surface area contributed by atoms with Gasteiger partial charge < -0.3 is 9.84 Å². The third kappa shape index (κ3) is 3.05. The van der Waals surface area contributed by atoms with Gasteiger partial charge in [-0.25, -0.2) is 4.39 Å². The molecule has 4 rings (SSSR count). The van der Waals surface area contributed by atoms with Crippen LogP contribution in [0, 0.1) is 5.82 Å². The molecule has 2 unspecified atom stereocenters. The maximum absolute atomic E-state index is 13.9. The van der Waals surface area contributed by atoms with Crippen LogP contribution in [0.15, 0.2) is 71.2 Å². The summed E-state index contributed by atoms with van der Waals surface area (Å²) in [6.45, 7) is 0. The number of benzene rings is 3. The SMILES string of the molecule is O=P1(c2ccccc2)Oc2ccc(Br)cc2C1Nc1ccc(F)c(Cl)c1. The Bertz CT molecular complexity index is 1030. The van der Waals surface area contributed by atoms with Crippen LogP contribution >= 0.6 is 34.9 Å². The first kappa shape index (κ1) is 17.6. The maximum Gasteiger partial charge on any atom is 0.303 e. The van der Waals surface area contributed by atoms with Gasteiger partial charge in [-0.2, -0.15) is 0 Å². The lowest BCUT2D eigenvalue weighted by Gasteiger charge is -2.22. The molecule has 0 saturated carbocycles. The van der Waals surface area contributed by atoms with Gasteiger partial charge in [-0.15, -0.1) is 0 Å². The monoisotopic (exact) mass is 451 g/mol. The van der Waals surface area contributed by atoms with Crippen LogP contribution in [0.1, 0.15) is 11.3 Å². The van der Waals surface area contributed by atoms with Crippen LogP contribution in [-0.4, -0.2) is 0 Å². The molecule has 3 nitrogen and oxygen atoms in total. The highest BCUT2D eigenvalue weighted by molar-refractivity contribution is 9.10. The summed E-state index contributed by atoms with van der Waals surface area (Å²) in [4.78, 5) is 0. The molecule has 0 radical (unpaired) electrons. The van der Waals surface area contributed by atoms with Crippen molar-refractivity contribution in [1.82, 2.24) is 0 Å². The van der Waals surface area contributed by atoms with Gasteiger partial charge in [-0.05, 0) is 48.5 Å². The fourth-order valence-corrected chi connectivity index (χ4v) is 5.94. The average molecular weight is 453 g/mol. The molecule has 0 aromatic heterocycles. The standard InChI is InChI=1S/C19H13BrClFNO2P/c20-12-6-9-18-15(10-12)19(23-13-7-8-17(22)16(21)11-13)26(24,25-18)14-4-2-1-3-5-14/h1-11,19,23H. The zero-order valence-corrected chi connectivity index (χ0v) is 16.6. The number of fused-ring (bicyclic) bond motifs is 1. The minimum atomic E-state index is -3.30. The second-order valence-electron chi connectivity index (χ2n) is 5.88. The Hall–Kier alpha value is -1.81. The second kappa shape index (κ2) is 6.73. The van der Waals surface area contributed by atoms with E-state index in [9.17, 15) is 8.96 Å². The quantitative estimate of drug-likeness (QED) is 0.471. The topological polar surface area (TPSA) is 38.3 Å². The first-order chi connectivity index (χ1) is 12.5. The molecule has 7 heteroatoms. The van der Waals surface area contributed by atoms with Crippen LogP contribution in [0.25, 0.3) is 0 Å². The summed E-state index contributed by atoms with van der Waals surface area (Å²) in [5.74, 6) is -0.556. The van der Waals surface area contributed by atoms with Gasteiger partial charge >= 0.3 is 7.37 Å². The van der Waals surface area contributed by atoms with Crippen molar-refractivity contribution in [2.24, 2.45) is 0 Å². The molecule has 0 aliphatic carbocycles. The van der Waals surface area contributed by atoms with Crippen molar-refractivity contribution in [3.63, 3.8) is 0 Å². The van der Waals surface area contributed by atoms with E-state index in [2.05, 4.69) is 21.2 Å². The molecule has 0 fully saturated rings. The molecule has 2 atom stereocenters. The lowest BCUT2D eigenvalue weighted by atomic mass is 10.2. The molecule has 0 bridgehead atoms. The van der Waals surface area contributed by atoms with E-state index in [4.69, 9.17) is 16.1 Å². The number of rotatable bonds is 3. The van der Waals surface area contributed by atoms with Crippen LogP contribution in [0.4, 0.5) is 10.1 Å². The summed E-state index contributed by atoms with van der Waals surface area (Å²) in [6, 6.07) is 18.9. The van der Waals surface area contributed by atoms with Gasteiger partial charge in [0.2, 0.25) is 0 Å². The van der Waals surface area contributed by atoms with Crippen LogP contribution in [0.2, 0.25) is 5.02 Å². The van der Waals surface area contributed by atoms with Crippen LogP contribution in [0.5, 0.6) is 5.75 Å². The van der Waals surface area contributed by atoms with Crippen LogP contribution < -0.4 is 15.1 Å². The molecule has 0 spiro atoms. The zero-order chi connectivity index (χ0) is 18.3. The normalized spacial score (nSPS) is 21.1. The molecule has 1 N–H and O–H groups in total. The van der Waals surface area contributed by atoms with E-state index in [1.807, 2.05) is 30.3 Å². The molecule has 132 valence electrons. The van der Waals surface area contributed by atoms with E-state index in [0.29, 0.717) is 16.7 Å². The third-order valence-corrected chi connectivity index (χ3v) is 7.54. The molecule has 1 heterocycles. The van der Waals surface area contributed by atoms with E-state index in [0.717, 1.165) is 10.0 Å². The van der Waals surface area contributed by atoms with Gasteiger partial charge in [0, 0.05) is 15.7 Å². The number of halogens is 3. The predicted octanol–water partition coefficient (Wildman–Crippen LogP) is 6.35. The van der Waals surface area contributed by atoms with E-state index >= 15 is 0 Å². The summed E-state index contributed by atoms with van der Waals surface area (Å²) in [5, 5.41) is 3.83. The number of hydrogen-bond acceptors (Lipinski definition) is 3. The Balaban J connectivity index is 1.82. The Labute approximate surface area is 163 Å². The van der Waals surface area contributed by atoms with Crippen molar-refractivity contribution in [3.8, 4) is 5.75 Å². The lowest BCUT2D eigenvalue weighted by molar-refractivity contribution is 0.501. The second-order valence-corrected chi connectivity index (χ2v) is 9.61. The van der Waals surface area contributed by atoms with Crippen molar-refractivity contribution >= 4 is 45.9 Å². The largest absolute Gasteiger partial charge is 0.438 e. The summed E-state index contributed by atoms with van der Waals surface area (Å²) >= 11 is 9.34. The van der Waals surface area contributed by atoms with E-state index in [1.54, 1.807) is 24.3 Å². The lowest BCUT2D eigenvalue weighted by Crippen LogP contribution is -2.16. The maximum atomic E-state index is 13.9. The Morgan fingerprint density at radius 2 is 1.85 bits per heavy atom. The molecule has 3 aromatic carbocycles. The average Bonchev–Trinajstić information content (AvgIpc) is 2.92. The zero-order valence-electron chi connectivity index (χ0n) is 13.3. The summed E-state index contributed by atoms with van der Waals surface area (Å²) in [7, 11) is -3.30. The van der Waals surface area contributed by atoms with Crippen LogP contribution in [0.3, 0.4) is 0 Å². The highest BCUT2D eigenvalue weighted by Crippen LogP contribution is 2.65. The Morgan fingerprint density at radius 3 is 2.58 bits per heavy atom.